The lowest BCUT2D eigenvalue weighted by Crippen LogP contribution is -2.20. The number of amides is 1. The summed E-state index contributed by atoms with van der Waals surface area (Å²) in [6.45, 7) is 3.59. The van der Waals surface area contributed by atoms with Crippen LogP contribution in [0.25, 0.3) is 0 Å². The van der Waals surface area contributed by atoms with Crippen LogP contribution in [0, 0.1) is 18.3 Å². The van der Waals surface area contributed by atoms with Gasteiger partial charge in [0, 0.05) is 11.9 Å². The molecule has 0 saturated carbocycles. The zero-order chi connectivity index (χ0) is 15.8. The van der Waals surface area contributed by atoms with Crippen LogP contribution in [-0.4, -0.2) is 23.5 Å². The van der Waals surface area contributed by atoms with E-state index < -0.39 is 11.9 Å². The molecule has 0 saturated heterocycles. The Kier molecular flexibility index (Phi) is 5.89. The number of nitrogens with zero attached hydrogens (tertiary/aromatic N) is 2. The molecule has 0 aromatic carbocycles. The molecule has 0 aliphatic rings. The molecule has 1 aromatic rings. The van der Waals surface area contributed by atoms with E-state index in [1.165, 1.54) is 0 Å². The van der Waals surface area contributed by atoms with Crippen molar-refractivity contribution in [2.75, 3.05) is 11.9 Å². The Bertz CT molecular complexity index is 617. The molecule has 0 atom stereocenters. The Morgan fingerprint density at radius 1 is 1.52 bits per heavy atom. The maximum absolute atomic E-state index is 11.8. The fourth-order valence-corrected chi connectivity index (χ4v) is 1.50. The standard InChI is InChI=1S/C14H16N4O3/c1-3-21-14(20)10(8-15)11(16)7-13(19)18-12-6-9(2)4-5-17-12/h4-6H,3,7,16H2,1-2H3,(H,17,18,19)/b11-10-. The van der Waals surface area contributed by atoms with Crippen LogP contribution >= 0.6 is 0 Å². The number of ether oxygens (including phenoxy) is 1. The minimum absolute atomic E-state index is 0.122. The van der Waals surface area contributed by atoms with Crippen molar-refractivity contribution in [1.29, 1.82) is 5.26 Å². The molecule has 0 spiro atoms. The smallest absolute Gasteiger partial charge is 0.350 e. The number of hydrogen-bond acceptors (Lipinski definition) is 6. The van der Waals surface area contributed by atoms with Crippen LogP contribution < -0.4 is 11.1 Å². The summed E-state index contributed by atoms with van der Waals surface area (Å²) >= 11 is 0. The number of nitrogens with two attached hydrogens (primary N) is 1. The zero-order valence-corrected chi connectivity index (χ0v) is 11.8. The van der Waals surface area contributed by atoms with E-state index in [4.69, 9.17) is 11.0 Å². The van der Waals surface area contributed by atoms with Crippen molar-refractivity contribution in [3.8, 4) is 6.07 Å². The van der Waals surface area contributed by atoms with Gasteiger partial charge in [0.05, 0.1) is 13.0 Å². The van der Waals surface area contributed by atoms with Crippen molar-refractivity contribution >= 4 is 17.7 Å². The van der Waals surface area contributed by atoms with Crippen LogP contribution in [0.5, 0.6) is 0 Å². The van der Waals surface area contributed by atoms with Crippen molar-refractivity contribution in [3.63, 3.8) is 0 Å². The van der Waals surface area contributed by atoms with E-state index in [0.29, 0.717) is 5.82 Å². The van der Waals surface area contributed by atoms with E-state index in [1.807, 2.05) is 6.92 Å². The lowest BCUT2D eigenvalue weighted by atomic mass is 10.1. The van der Waals surface area contributed by atoms with Gasteiger partial charge >= 0.3 is 5.97 Å². The molecule has 0 radical (unpaired) electrons. The molecular weight excluding hydrogens is 272 g/mol. The van der Waals surface area contributed by atoms with E-state index in [-0.39, 0.29) is 24.3 Å². The Labute approximate surface area is 122 Å². The van der Waals surface area contributed by atoms with Gasteiger partial charge in [0.1, 0.15) is 11.9 Å². The van der Waals surface area contributed by atoms with Gasteiger partial charge in [-0.1, -0.05) is 0 Å². The first-order chi connectivity index (χ1) is 9.97. The highest BCUT2D eigenvalue weighted by atomic mass is 16.5. The lowest BCUT2D eigenvalue weighted by molar-refractivity contribution is -0.138. The van der Waals surface area contributed by atoms with E-state index in [0.717, 1.165) is 5.56 Å². The average molecular weight is 288 g/mol. The zero-order valence-electron chi connectivity index (χ0n) is 11.8. The fraction of sp³-hybridized carbons (Fsp3) is 0.286. The van der Waals surface area contributed by atoms with Gasteiger partial charge in [0.25, 0.3) is 0 Å². The molecule has 1 rings (SSSR count). The third kappa shape index (κ3) is 4.95. The number of carbonyl (C=O) groups excluding carboxylic acids is 2. The number of aromatic nitrogens is 1. The molecular formula is C14H16N4O3. The minimum atomic E-state index is -0.834. The number of hydrogen-bond donors (Lipinski definition) is 2. The highest BCUT2D eigenvalue weighted by Gasteiger charge is 2.17. The maximum atomic E-state index is 11.8. The summed E-state index contributed by atoms with van der Waals surface area (Å²) in [4.78, 5) is 27.3. The van der Waals surface area contributed by atoms with Gasteiger partial charge in [0.15, 0.2) is 5.57 Å². The number of pyridine rings is 1. The summed E-state index contributed by atoms with van der Waals surface area (Å²) in [6, 6.07) is 5.13. The van der Waals surface area contributed by atoms with Crippen LogP contribution in [0.1, 0.15) is 18.9 Å². The molecule has 7 nitrogen and oxygen atoms in total. The second kappa shape index (κ2) is 7.65. The number of anilines is 1. The van der Waals surface area contributed by atoms with Gasteiger partial charge in [-0.25, -0.2) is 9.78 Å². The number of rotatable bonds is 5. The summed E-state index contributed by atoms with van der Waals surface area (Å²) in [7, 11) is 0. The van der Waals surface area contributed by atoms with Crippen LogP contribution in [0.2, 0.25) is 0 Å². The van der Waals surface area contributed by atoms with Crippen LogP contribution in [-0.2, 0) is 14.3 Å². The molecule has 7 heteroatoms. The van der Waals surface area contributed by atoms with Crippen molar-refractivity contribution in [2.45, 2.75) is 20.3 Å². The molecule has 0 fully saturated rings. The van der Waals surface area contributed by atoms with Gasteiger partial charge in [-0.3, -0.25) is 4.79 Å². The first kappa shape index (κ1) is 16.2. The third-order valence-electron chi connectivity index (χ3n) is 2.45. The van der Waals surface area contributed by atoms with Gasteiger partial charge in [-0.2, -0.15) is 5.26 Å². The molecule has 0 aliphatic heterocycles. The Morgan fingerprint density at radius 3 is 2.81 bits per heavy atom. The predicted octanol–water partition coefficient (Wildman–Crippen LogP) is 1.02. The molecule has 1 aromatic heterocycles. The molecule has 0 aliphatic carbocycles. The first-order valence-corrected chi connectivity index (χ1v) is 6.26. The number of aryl methyl sites for hydroxylation is 1. The van der Waals surface area contributed by atoms with Crippen molar-refractivity contribution in [2.24, 2.45) is 5.73 Å². The quantitative estimate of drug-likeness (QED) is 0.474. The van der Waals surface area contributed by atoms with Crippen molar-refractivity contribution in [3.05, 3.63) is 35.2 Å². The van der Waals surface area contributed by atoms with Crippen LogP contribution in [0.15, 0.2) is 29.6 Å². The molecule has 0 bridgehead atoms. The molecule has 110 valence electrons. The highest BCUT2D eigenvalue weighted by Crippen LogP contribution is 2.09. The Balaban J connectivity index is 2.77. The summed E-state index contributed by atoms with van der Waals surface area (Å²) in [5.41, 5.74) is 6.06. The monoisotopic (exact) mass is 288 g/mol. The number of nitrogens with one attached hydrogen (secondary N) is 1. The molecule has 0 unspecified atom stereocenters. The summed E-state index contributed by atoms with van der Waals surface area (Å²) in [5, 5.41) is 11.4. The molecule has 21 heavy (non-hydrogen) atoms. The molecule has 3 N–H and O–H groups in total. The normalized spacial score (nSPS) is 11.1. The fourth-order valence-electron chi connectivity index (χ4n) is 1.50. The predicted molar refractivity (Wildman–Crippen MR) is 75.7 cm³/mol. The van der Waals surface area contributed by atoms with Gasteiger partial charge in [0.2, 0.25) is 5.91 Å². The van der Waals surface area contributed by atoms with E-state index in [2.05, 4.69) is 15.0 Å². The Hall–Kier alpha value is -2.88. The van der Waals surface area contributed by atoms with E-state index >= 15 is 0 Å². The molecule has 1 amide bonds. The van der Waals surface area contributed by atoms with Crippen LogP contribution in [0.4, 0.5) is 5.82 Å². The van der Waals surface area contributed by atoms with Gasteiger partial charge < -0.3 is 15.8 Å². The number of esters is 1. The highest BCUT2D eigenvalue weighted by molar-refractivity contribution is 5.97. The maximum Gasteiger partial charge on any atom is 0.350 e. The second-order valence-corrected chi connectivity index (χ2v) is 4.18. The summed E-state index contributed by atoms with van der Waals surface area (Å²) in [5.74, 6) is -0.927. The average Bonchev–Trinajstić information content (AvgIpc) is 2.39. The van der Waals surface area contributed by atoms with Gasteiger partial charge in [-0.05, 0) is 31.5 Å². The minimum Gasteiger partial charge on any atom is -0.462 e. The number of carbonyl (C=O) groups is 2. The van der Waals surface area contributed by atoms with Crippen LogP contribution in [0.3, 0.4) is 0 Å². The SMILES string of the molecule is CCOC(=O)/C(C#N)=C(\N)CC(=O)Nc1cc(C)ccn1. The van der Waals surface area contributed by atoms with E-state index in [9.17, 15) is 9.59 Å². The topological polar surface area (TPSA) is 118 Å². The van der Waals surface area contributed by atoms with E-state index in [1.54, 1.807) is 31.3 Å². The van der Waals surface area contributed by atoms with Crippen molar-refractivity contribution in [1.82, 2.24) is 4.98 Å². The second-order valence-electron chi connectivity index (χ2n) is 4.18. The van der Waals surface area contributed by atoms with Crippen molar-refractivity contribution < 1.29 is 14.3 Å². The largest absolute Gasteiger partial charge is 0.462 e. The Morgan fingerprint density at radius 2 is 2.24 bits per heavy atom. The summed E-state index contributed by atoms with van der Waals surface area (Å²) < 4.78 is 4.69. The summed E-state index contributed by atoms with van der Waals surface area (Å²) in [6.07, 6.45) is 1.26. The molecule has 1 heterocycles. The number of nitriles is 1. The lowest BCUT2D eigenvalue weighted by Gasteiger charge is -2.07. The third-order valence-corrected chi connectivity index (χ3v) is 2.45. The first-order valence-electron chi connectivity index (χ1n) is 6.26. The van der Waals surface area contributed by atoms with Gasteiger partial charge in [-0.15, -0.1) is 0 Å².